The molecule has 0 atom stereocenters. The predicted molar refractivity (Wildman–Crippen MR) is 61.0 cm³/mol. The molecule has 15 heavy (non-hydrogen) atoms. The number of nitrogens with zero attached hydrogens (tertiary/aromatic N) is 1. The molecule has 0 aliphatic carbocycles. The summed E-state index contributed by atoms with van der Waals surface area (Å²) in [5.41, 5.74) is 2.24. The van der Waals surface area contributed by atoms with Crippen LogP contribution in [0.3, 0.4) is 0 Å². The average Bonchev–Trinajstić information content (AvgIpc) is 2.56. The Morgan fingerprint density at radius 3 is 3.00 bits per heavy atom. The number of hydrogen-bond acceptors (Lipinski definition) is 2. The predicted octanol–water partition coefficient (Wildman–Crippen LogP) is 1.19. The number of hydrogen-bond donors (Lipinski definition) is 1. The molecule has 1 aliphatic rings. The second kappa shape index (κ2) is 4.45. The number of rotatable bonds is 4. The minimum absolute atomic E-state index is 0.217. The summed E-state index contributed by atoms with van der Waals surface area (Å²) in [6, 6.07) is 8.02. The summed E-state index contributed by atoms with van der Waals surface area (Å²) >= 11 is 0. The van der Waals surface area contributed by atoms with Crippen LogP contribution < -0.4 is 10.2 Å². The first-order valence-electron chi connectivity index (χ1n) is 5.42. The largest absolute Gasteiger partial charge is 0.315 e. The first-order chi connectivity index (χ1) is 7.33. The second-order valence-electron chi connectivity index (χ2n) is 3.70. The number of benzene rings is 1. The zero-order valence-corrected chi connectivity index (χ0v) is 8.99. The van der Waals surface area contributed by atoms with Crippen LogP contribution in [0.4, 0.5) is 5.69 Å². The number of likely N-dealkylation sites (N-methyl/N-ethyl adjacent to an activating group) is 1. The molecule has 0 saturated carbocycles. The number of carbonyl (C=O) groups excluding carboxylic acids is 1. The summed E-state index contributed by atoms with van der Waals surface area (Å²) in [4.78, 5) is 13.6. The molecular formula is C12H16N2O. The van der Waals surface area contributed by atoms with E-state index in [1.807, 2.05) is 29.2 Å². The Morgan fingerprint density at radius 2 is 2.20 bits per heavy atom. The smallest absolute Gasteiger partial charge is 0.231 e. The molecule has 2 rings (SSSR count). The van der Waals surface area contributed by atoms with Gasteiger partial charge < -0.3 is 10.2 Å². The highest BCUT2D eigenvalue weighted by molar-refractivity contribution is 6.01. The van der Waals surface area contributed by atoms with E-state index in [0.717, 1.165) is 30.9 Å². The van der Waals surface area contributed by atoms with Gasteiger partial charge in [0, 0.05) is 18.8 Å². The van der Waals surface area contributed by atoms with Crippen molar-refractivity contribution in [2.24, 2.45) is 0 Å². The SMILES string of the molecule is CCNCCN1C(=O)Cc2ccccc21. The van der Waals surface area contributed by atoms with E-state index in [1.54, 1.807) is 0 Å². The highest BCUT2D eigenvalue weighted by atomic mass is 16.2. The molecule has 1 N–H and O–H groups in total. The average molecular weight is 204 g/mol. The highest BCUT2D eigenvalue weighted by Crippen LogP contribution is 2.27. The molecular weight excluding hydrogens is 188 g/mol. The fourth-order valence-corrected chi connectivity index (χ4v) is 1.93. The zero-order valence-electron chi connectivity index (χ0n) is 8.99. The normalized spacial score (nSPS) is 14.5. The fourth-order valence-electron chi connectivity index (χ4n) is 1.93. The van der Waals surface area contributed by atoms with E-state index in [-0.39, 0.29) is 5.91 Å². The maximum absolute atomic E-state index is 11.7. The minimum Gasteiger partial charge on any atom is -0.315 e. The zero-order chi connectivity index (χ0) is 10.7. The maximum atomic E-state index is 11.7. The Morgan fingerprint density at radius 1 is 1.40 bits per heavy atom. The van der Waals surface area contributed by atoms with Crippen molar-refractivity contribution < 1.29 is 4.79 Å². The van der Waals surface area contributed by atoms with Crippen LogP contribution in [-0.4, -0.2) is 25.5 Å². The number of nitrogens with one attached hydrogen (secondary N) is 1. The summed E-state index contributed by atoms with van der Waals surface area (Å²) in [6.07, 6.45) is 0.558. The molecule has 0 aromatic heterocycles. The van der Waals surface area contributed by atoms with Crippen molar-refractivity contribution in [1.29, 1.82) is 0 Å². The summed E-state index contributed by atoms with van der Waals surface area (Å²) in [7, 11) is 0. The van der Waals surface area contributed by atoms with E-state index in [4.69, 9.17) is 0 Å². The summed E-state index contributed by atoms with van der Waals surface area (Å²) in [5.74, 6) is 0.217. The Hall–Kier alpha value is -1.35. The van der Waals surface area contributed by atoms with Crippen LogP contribution >= 0.6 is 0 Å². The molecule has 0 fully saturated rings. The monoisotopic (exact) mass is 204 g/mol. The van der Waals surface area contributed by atoms with Crippen LogP contribution in [-0.2, 0) is 11.2 Å². The van der Waals surface area contributed by atoms with Crippen LogP contribution in [0.15, 0.2) is 24.3 Å². The lowest BCUT2D eigenvalue weighted by molar-refractivity contribution is -0.117. The lowest BCUT2D eigenvalue weighted by atomic mass is 10.2. The number of amides is 1. The molecule has 0 radical (unpaired) electrons. The third kappa shape index (κ3) is 2.02. The van der Waals surface area contributed by atoms with Crippen molar-refractivity contribution >= 4 is 11.6 Å². The van der Waals surface area contributed by atoms with Gasteiger partial charge in [-0.2, -0.15) is 0 Å². The molecule has 3 heteroatoms. The first-order valence-corrected chi connectivity index (χ1v) is 5.42. The van der Waals surface area contributed by atoms with Gasteiger partial charge in [0.15, 0.2) is 0 Å². The van der Waals surface area contributed by atoms with E-state index in [9.17, 15) is 4.79 Å². The Labute approximate surface area is 90.1 Å². The molecule has 80 valence electrons. The summed E-state index contributed by atoms with van der Waals surface area (Å²) in [5, 5.41) is 3.23. The lowest BCUT2D eigenvalue weighted by Gasteiger charge is -2.17. The maximum Gasteiger partial charge on any atom is 0.231 e. The van der Waals surface area contributed by atoms with Crippen LogP contribution in [0, 0.1) is 0 Å². The molecule has 3 nitrogen and oxygen atoms in total. The standard InChI is InChI=1S/C12H16N2O/c1-2-13-7-8-14-11-6-4-3-5-10(11)9-12(14)15/h3-6,13H,2,7-9H2,1H3. The molecule has 0 unspecified atom stereocenters. The van der Waals surface area contributed by atoms with Crippen LogP contribution in [0.2, 0.25) is 0 Å². The van der Waals surface area contributed by atoms with Crippen LogP contribution in [0.5, 0.6) is 0 Å². The molecule has 1 amide bonds. The third-order valence-corrected chi connectivity index (χ3v) is 2.69. The molecule has 1 aromatic carbocycles. The van der Waals surface area contributed by atoms with Gasteiger partial charge in [0.2, 0.25) is 5.91 Å². The van der Waals surface area contributed by atoms with Crippen molar-refractivity contribution in [3.63, 3.8) is 0 Å². The van der Waals surface area contributed by atoms with Gasteiger partial charge in [0.25, 0.3) is 0 Å². The van der Waals surface area contributed by atoms with Crippen LogP contribution in [0.1, 0.15) is 12.5 Å². The number of carbonyl (C=O) groups is 1. The van der Waals surface area contributed by atoms with Gasteiger partial charge in [-0.1, -0.05) is 25.1 Å². The van der Waals surface area contributed by atoms with Gasteiger partial charge in [0.05, 0.1) is 6.42 Å². The van der Waals surface area contributed by atoms with E-state index < -0.39 is 0 Å². The summed E-state index contributed by atoms with van der Waals surface area (Å²) in [6.45, 7) is 4.64. The van der Waals surface area contributed by atoms with Gasteiger partial charge in [-0.3, -0.25) is 4.79 Å². The van der Waals surface area contributed by atoms with E-state index in [2.05, 4.69) is 12.2 Å². The van der Waals surface area contributed by atoms with Crippen molar-refractivity contribution in [2.75, 3.05) is 24.5 Å². The van der Waals surface area contributed by atoms with Crippen molar-refractivity contribution in [3.8, 4) is 0 Å². The minimum atomic E-state index is 0.217. The number of fused-ring (bicyclic) bond motifs is 1. The van der Waals surface area contributed by atoms with Gasteiger partial charge >= 0.3 is 0 Å². The first kappa shape index (κ1) is 10.2. The molecule has 1 heterocycles. The van der Waals surface area contributed by atoms with Gasteiger partial charge in [0.1, 0.15) is 0 Å². The number of para-hydroxylation sites is 1. The Bertz CT molecular complexity index is 362. The fraction of sp³-hybridized carbons (Fsp3) is 0.417. The van der Waals surface area contributed by atoms with Crippen LogP contribution in [0.25, 0.3) is 0 Å². The lowest BCUT2D eigenvalue weighted by Crippen LogP contribution is -2.34. The third-order valence-electron chi connectivity index (χ3n) is 2.69. The highest BCUT2D eigenvalue weighted by Gasteiger charge is 2.25. The number of anilines is 1. The summed E-state index contributed by atoms with van der Waals surface area (Å²) < 4.78 is 0. The van der Waals surface area contributed by atoms with Crippen molar-refractivity contribution in [3.05, 3.63) is 29.8 Å². The van der Waals surface area contributed by atoms with E-state index >= 15 is 0 Å². The molecule has 0 bridgehead atoms. The van der Waals surface area contributed by atoms with Crippen molar-refractivity contribution in [1.82, 2.24) is 5.32 Å². The quantitative estimate of drug-likeness (QED) is 0.747. The molecule has 1 aromatic rings. The Kier molecular flexibility index (Phi) is 3.02. The van der Waals surface area contributed by atoms with Gasteiger partial charge in [-0.25, -0.2) is 0 Å². The second-order valence-corrected chi connectivity index (χ2v) is 3.70. The van der Waals surface area contributed by atoms with Crippen molar-refractivity contribution in [2.45, 2.75) is 13.3 Å². The van der Waals surface area contributed by atoms with Gasteiger partial charge in [-0.15, -0.1) is 0 Å². The topological polar surface area (TPSA) is 32.3 Å². The molecule has 0 saturated heterocycles. The molecule has 0 spiro atoms. The Balaban J connectivity index is 2.08. The van der Waals surface area contributed by atoms with E-state index in [0.29, 0.717) is 6.42 Å². The van der Waals surface area contributed by atoms with Gasteiger partial charge in [-0.05, 0) is 18.2 Å². The van der Waals surface area contributed by atoms with E-state index in [1.165, 1.54) is 0 Å². The molecule has 1 aliphatic heterocycles.